The first kappa shape index (κ1) is 34.1. The van der Waals surface area contributed by atoms with Crippen LogP contribution in [0.3, 0.4) is 0 Å². The Morgan fingerprint density at radius 2 is 1.94 bits per heavy atom. The van der Waals surface area contributed by atoms with E-state index in [9.17, 15) is 22.8 Å². The number of hydrogen-bond donors (Lipinski definition) is 3. The van der Waals surface area contributed by atoms with E-state index in [0.717, 1.165) is 47.8 Å². The van der Waals surface area contributed by atoms with Gasteiger partial charge in [-0.05, 0) is 71.3 Å². The van der Waals surface area contributed by atoms with Crippen LogP contribution in [0.5, 0.6) is 5.75 Å². The number of anilines is 1. The second-order valence-electron chi connectivity index (χ2n) is 15.2. The summed E-state index contributed by atoms with van der Waals surface area (Å²) in [6.07, 6.45) is 12.3. The number of nitrogens with zero attached hydrogens (tertiary/aromatic N) is 3. The highest BCUT2D eigenvalue weighted by Crippen LogP contribution is 2.49. The van der Waals surface area contributed by atoms with E-state index < -0.39 is 49.8 Å². The minimum absolute atomic E-state index is 0.181. The second-order valence-corrected chi connectivity index (χ2v) is 18.3. The predicted molar refractivity (Wildman–Crippen MR) is 194 cm³/mol. The molecule has 5 atom stereocenters. The van der Waals surface area contributed by atoms with E-state index in [2.05, 4.69) is 20.3 Å². The number of nitrogens with one attached hydrogen (secondary N) is 3. The van der Waals surface area contributed by atoms with Crippen molar-refractivity contribution >= 4 is 55.1 Å². The lowest BCUT2D eigenvalue weighted by Crippen LogP contribution is -2.58. The molecule has 0 radical (unpaired) electrons. The van der Waals surface area contributed by atoms with Crippen molar-refractivity contribution in [2.45, 2.75) is 112 Å². The maximum atomic E-state index is 14.7. The Hall–Kier alpha value is -4.04. The Balaban J connectivity index is 1.14. The molecular weight excluding hydrogens is 689 g/mol. The van der Waals surface area contributed by atoms with Crippen LogP contribution in [0.25, 0.3) is 10.9 Å². The van der Waals surface area contributed by atoms with Crippen molar-refractivity contribution in [3.63, 3.8) is 0 Å². The van der Waals surface area contributed by atoms with Gasteiger partial charge in [0.25, 0.3) is 5.91 Å². The van der Waals surface area contributed by atoms with E-state index in [-0.39, 0.29) is 31.2 Å². The number of pyridine rings is 1. The number of fused-ring (bicyclic) bond motifs is 5. The van der Waals surface area contributed by atoms with Crippen molar-refractivity contribution in [1.29, 1.82) is 0 Å². The molecule has 270 valence electrons. The van der Waals surface area contributed by atoms with Crippen LogP contribution in [0.15, 0.2) is 48.0 Å². The summed E-state index contributed by atoms with van der Waals surface area (Å²) in [6.45, 7) is 3.73. The van der Waals surface area contributed by atoms with Gasteiger partial charge in [-0.3, -0.25) is 19.1 Å². The molecular formula is C37H44N6O6S2. The average Bonchev–Trinajstić information content (AvgIpc) is 3.89. The fraction of sp³-hybridized carbons (Fsp3) is 0.541. The number of hydrogen-bond acceptors (Lipinski definition) is 10. The number of thiazole rings is 1. The van der Waals surface area contributed by atoms with Crippen LogP contribution in [-0.2, 0) is 30.8 Å². The van der Waals surface area contributed by atoms with Crippen molar-refractivity contribution < 1.29 is 27.5 Å². The number of amides is 3. The fourth-order valence-corrected chi connectivity index (χ4v) is 9.98. The van der Waals surface area contributed by atoms with E-state index in [1.807, 2.05) is 48.7 Å². The SMILES string of the molecule is Cc1nc2ccccc2c2c1O[C@]1(CC2)C[C@H]2C(=O)N[C@]3(C(=O)NS(=O)(=O)C4(C)CC4)C[C@H]3C=CCCCCC[C@H](Nc3nccs3)C(=O)N2C1. The largest absolute Gasteiger partial charge is 0.483 e. The van der Waals surface area contributed by atoms with E-state index in [0.29, 0.717) is 43.0 Å². The Bertz CT molecular complexity index is 2030. The molecule has 5 aliphatic rings. The summed E-state index contributed by atoms with van der Waals surface area (Å²) in [7, 11) is -3.94. The lowest BCUT2D eigenvalue weighted by molar-refractivity contribution is -0.140. The first-order valence-electron chi connectivity index (χ1n) is 18.0. The lowest BCUT2D eigenvalue weighted by atomic mass is 9.87. The molecule has 2 aromatic heterocycles. The molecule has 3 aromatic rings. The first-order chi connectivity index (χ1) is 24.4. The molecule has 5 heterocycles. The number of ether oxygens (including phenoxy) is 1. The van der Waals surface area contributed by atoms with Crippen LogP contribution >= 0.6 is 11.3 Å². The van der Waals surface area contributed by atoms with Gasteiger partial charge in [0.1, 0.15) is 29.0 Å². The number of rotatable bonds is 5. The van der Waals surface area contributed by atoms with Crippen molar-refractivity contribution in [3.05, 3.63) is 59.3 Å². The molecule has 3 aliphatic heterocycles. The van der Waals surface area contributed by atoms with E-state index in [1.165, 1.54) is 11.3 Å². The van der Waals surface area contributed by atoms with Gasteiger partial charge < -0.3 is 20.3 Å². The molecule has 8 rings (SSSR count). The molecule has 0 unspecified atom stereocenters. The molecule has 3 N–H and O–H groups in total. The number of carbonyl (C=O) groups is 3. The van der Waals surface area contributed by atoms with Gasteiger partial charge in [-0.25, -0.2) is 18.4 Å². The van der Waals surface area contributed by atoms with E-state index in [1.54, 1.807) is 18.0 Å². The lowest BCUT2D eigenvalue weighted by Gasteiger charge is -2.36. The minimum Gasteiger partial charge on any atom is -0.483 e. The zero-order chi connectivity index (χ0) is 35.6. The molecule has 2 aliphatic carbocycles. The highest BCUT2D eigenvalue weighted by molar-refractivity contribution is 7.91. The summed E-state index contributed by atoms with van der Waals surface area (Å²) < 4.78 is 34.5. The van der Waals surface area contributed by atoms with Gasteiger partial charge in [0.15, 0.2) is 5.13 Å². The summed E-state index contributed by atoms with van der Waals surface area (Å²) >= 11 is 1.41. The minimum atomic E-state index is -3.94. The molecule has 3 amide bonds. The standard InChI is InChI=1S/C37H44N6O6S2/c1-23-30-26(25-11-8-9-12-27(25)39-23)14-15-36(49-30)21-29-31(44)41-37(33(46)42-51(47,48)35(2)16-17-35)20-24(37)10-6-4-3-5-7-13-28(32(45)43(29)22-36)40-34-38-18-19-50-34/h6,8-12,18-19,24,28-29H,3-5,7,13-17,20-22H2,1-2H3,(H,38,40)(H,41,44)(H,42,46)/t24-,28+,29+,36-,37-/m1/s1. The molecule has 2 saturated carbocycles. The Morgan fingerprint density at radius 1 is 1.12 bits per heavy atom. The highest BCUT2D eigenvalue weighted by atomic mass is 32.2. The van der Waals surface area contributed by atoms with Crippen molar-refractivity contribution in [3.8, 4) is 5.75 Å². The van der Waals surface area contributed by atoms with Gasteiger partial charge in [-0.15, -0.1) is 11.3 Å². The summed E-state index contributed by atoms with van der Waals surface area (Å²) in [5, 5.41) is 9.85. The molecule has 12 nitrogen and oxygen atoms in total. The van der Waals surface area contributed by atoms with Gasteiger partial charge in [0.05, 0.1) is 22.5 Å². The number of para-hydroxylation sites is 1. The third-order valence-corrected chi connectivity index (χ3v) is 14.5. The molecule has 51 heavy (non-hydrogen) atoms. The maximum absolute atomic E-state index is 14.7. The summed E-state index contributed by atoms with van der Waals surface area (Å²) in [4.78, 5) is 54.0. The van der Waals surface area contributed by atoms with Crippen molar-refractivity contribution in [2.75, 3.05) is 11.9 Å². The van der Waals surface area contributed by atoms with Crippen molar-refractivity contribution in [2.24, 2.45) is 5.92 Å². The van der Waals surface area contributed by atoms with Crippen LogP contribution in [-0.4, -0.2) is 75.5 Å². The number of aromatic nitrogens is 2. The number of carbonyl (C=O) groups excluding carboxylic acids is 3. The van der Waals surface area contributed by atoms with Gasteiger partial charge in [0.2, 0.25) is 21.8 Å². The van der Waals surface area contributed by atoms with Gasteiger partial charge in [-0.2, -0.15) is 0 Å². The molecule has 14 heteroatoms. The topological polar surface area (TPSA) is 160 Å². The highest BCUT2D eigenvalue weighted by Gasteiger charge is 2.64. The van der Waals surface area contributed by atoms with Crippen LogP contribution in [0.4, 0.5) is 5.13 Å². The van der Waals surface area contributed by atoms with Crippen LogP contribution in [0.2, 0.25) is 0 Å². The third kappa shape index (κ3) is 6.17. The monoisotopic (exact) mass is 732 g/mol. The number of aryl methyl sites for hydroxylation is 2. The van der Waals surface area contributed by atoms with Gasteiger partial charge in [0, 0.05) is 34.9 Å². The zero-order valence-electron chi connectivity index (χ0n) is 28.9. The normalized spacial score (nSPS) is 30.2. The zero-order valence-corrected chi connectivity index (χ0v) is 30.6. The Labute approximate surface area is 301 Å². The summed E-state index contributed by atoms with van der Waals surface area (Å²) in [5.41, 5.74) is 0.418. The fourth-order valence-electron chi connectivity index (χ4n) is 8.09. The molecule has 3 fully saturated rings. The number of sulfonamides is 1. The summed E-state index contributed by atoms with van der Waals surface area (Å²) in [5.74, 6) is -1.13. The first-order valence-corrected chi connectivity index (χ1v) is 20.4. The average molecular weight is 733 g/mol. The summed E-state index contributed by atoms with van der Waals surface area (Å²) in [6, 6.07) is 6.40. The quantitative estimate of drug-likeness (QED) is 0.320. The molecule has 0 bridgehead atoms. The molecule has 1 aromatic carbocycles. The Kier molecular flexibility index (Phi) is 8.40. The van der Waals surface area contributed by atoms with Crippen LogP contribution in [0, 0.1) is 12.8 Å². The van der Waals surface area contributed by atoms with E-state index in [4.69, 9.17) is 9.72 Å². The Morgan fingerprint density at radius 3 is 2.73 bits per heavy atom. The predicted octanol–water partition coefficient (Wildman–Crippen LogP) is 4.54. The second kappa shape index (κ2) is 12.6. The van der Waals surface area contributed by atoms with Gasteiger partial charge in [-0.1, -0.05) is 43.2 Å². The van der Waals surface area contributed by atoms with Crippen LogP contribution in [0.1, 0.15) is 82.4 Å². The van der Waals surface area contributed by atoms with Crippen molar-refractivity contribution in [1.82, 2.24) is 24.9 Å². The maximum Gasteiger partial charge on any atom is 0.259 e. The van der Waals surface area contributed by atoms with E-state index >= 15 is 0 Å². The third-order valence-electron chi connectivity index (χ3n) is 11.6. The number of allylic oxidation sites excluding steroid dienone is 1. The van der Waals surface area contributed by atoms with Gasteiger partial charge >= 0.3 is 0 Å². The van der Waals surface area contributed by atoms with Crippen LogP contribution < -0.4 is 20.1 Å². The smallest absolute Gasteiger partial charge is 0.259 e. The molecule has 1 saturated heterocycles. The number of benzene rings is 1. The molecule has 1 spiro atoms.